The summed E-state index contributed by atoms with van der Waals surface area (Å²) < 4.78 is 28.2. The maximum absolute atomic E-state index is 12.9. The van der Waals surface area contributed by atoms with Crippen molar-refractivity contribution in [2.24, 2.45) is 0 Å². The van der Waals surface area contributed by atoms with Crippen LogP contribution in [0.5, 0.6) is 23.0 Å². The zero-order valence-electron chi connectivity index (χ0n) is 15.7. The Morgan fingerprint density at radius 1 is 1.04 bits per heavy atom. The molecular formula is C22H18O6. The first-order valence-electron chi connectivity index (χ1n) is 8.93. The SMILES string of the molecule is COc1c(-c2ccc3c(c2)OCO3)c(=O)oc2c3c(ccc12)OC(C)(C)C=C3. The molecule has 0 saturated carbocycles. The van der Waals surface area contributed by atoms with E-state index in [0.29, 0.717) is 45.1 Å². The van der Waals surface area contributed by atoms with Crippen molar-refractivity contribution >= 4 is 17.0 Å². The third-order valence-electron chi connectivity index (χ3n) is 4.92. The van der Waals surface area contributed by atoms with Gasteiger partial charge in [0, 0.05) is 0 Å². The number of benzene rings is 2. The summed E-state index contributed by atoms with van der Waals surface area (Å²) in [5, 5.41) is 0.696. The van der Waals surface area contributed by atoms with Crippen LogP contribution < -0.4 is 24.6 Å². The number of ether oxygens (including phenoxy) is 4. The highest BCUT2D eigenvalue weighted by atomic mass is 16.7. The second kappa shape index (κ2) is 5.79. The summed E-state index contributed by atoms with van der Waals surface area (Å²) >= 11 is 0. The van der Waals surface area contributed by atoms with E-state index in [4.69, 9.17) is 23.4 Å². The molecule has 3 heterocycles. The van der Waals surface area contributed by atoms with Crippen molar-refractivity contribution in [1.29, 1.82) is 0 Å². The summed E-state index contributed by atoms with van der Waals surface area (Å²) in [6, 6.07) is 9.04. The van der Waals surface area contributed by atoms with Crippen molar-refractivity contribution in [2.75, 3.05) is 13.9 Å². The number of hydrogen-bond donors (Lipinski definition) is 0. The van der Waals surface area contributed by atoms with Crippen molar-refractivity contribution in [3.63, 3.8) is 0 Å². The molecular weight excluding hydrogens is 360 g/mol. The van der Waals surface area contributed by atoms with E-state index in [-0.39, 0.29) is 6.79 Å². The number of hydrogen-bond acceptors (Lipinski definition) is 6. The van der Waals surface area contributed by atoms with E-state index in [9.17, 15) is 4.79 Å². The van der Waals surface area contributed by atoms with Gasteiger partial charge in [-0.15, -0.1) is 0 Å². The first-order valence-corrected chi connectivity index (χ1v) is 8.93. The van der Waals surface area contributed by atoms with Gasteiger partial charge in [-0.25, -0.2) is 4.79 Å². The summed E-state index contributed by atoms with van der Waals surface area (Å²) in [5.41, 5.74) is 1.24. The highest BCUT2D eigenvalue weighted by molar-refractivity contribution is 5.97. The Kier molecular flexibility index (Phi) is 3.46. The first kappa shape index (κ1) is 16.7. The molecule has 0 spiro atoms. The van der Waals surface area contributed by atoms with Gasteiger partial charge in [0.15, 0.2) is 17.1 Å². The van der Waals surface area contributed by atoms with Crippen molar-refractivity contribution in [1.82, 2.24) is 0 Å². The van der Waals surface area contributed by atoms with Crippen LogP contribution in [0, 0.1) is 0 Å². The van der Waals surface area contributed by atoms with Gasteiger partial charge in [0.1, 0.15) is 22.7 Å². The molecule has 0 N–H and O–H groups in total. The molecule has 0 bridgehead atoms. The number of methoxy groups -OCH3 is 1. The highest BCUT2D eigenvalue weighted by Gasteiger charge is 2.27. The van der Waals surface area contributed by atoms with E-state index in [0.717, 1.165) is 5.56 Å². The van der Waals surface area contributed by atoms with Gasteiger partial charge in [-0.05, 0) is 55.8 Å². The normalized spacial score (nSPS) is 16.0. The molecule has 6 nitrogen and oxygen atoms in total. The lowest BCUT2D eigenvalue weighted by molar-refractivity contribution is 0.159. The molecule has 0 saturated heterocycles. The Morgan fingerprint density at radius 3 is 2.64 bits per heavy atom. The summed E-state index contributed by atoms with van der Waals surface area (Å²) in [6.07, 6.45) is 3.86. The van der Waals surface area contributed by atoms with Gasteiger partial charge >= 0.3 is 5.63 Å². The molecule has 28 heavy (non-hydrogen) atoms. The molecule has 3 aromatic rings. The van der Waals surface area contributed by atoms with Crippen molar-refractivity contribution in [3.8, 4) is 34.1 Å². The second-order valence-corrected chi connectivity index (χ2v) is 7.26. The molecule has 0 aliphatic carbocycles. The number of rotatable bonds is 2. The zero-order chi connectivity index (χ0) is 19.5. The van der Waals surface area contributed by atoms with Crippen LogP contribution in [0.2, 0.25) is 0 Å². The van der Waals surface area contributed by atoms with E-state index in [1.807, 2.05) is 38.1 Å². The summed E-state index contributed by atoms with van der Waals surface area (Å²) in [6.45, 7) is 4.10. The van der Waals surface area contributed by atoms with Crippen LogP contribution in [0.25, 0.3) is 28.2 Å². The van der Waals surface area contributed by atoms with E-state index < -0.39 is 11.2 Å². The van der Waals surface area contributed by atoms with Crippen LogP contribution in [0.4, 0.5) is 0 Å². The van der Waals surface area contributed by atoms with Crippen molar-refractivity contribution in [3.05, 3.63) is 52.4 Å². The maximum Gasteiger partial charge on any atom is 0.348 e. The molecule has 0 fully saturated rings. The second-order valence-electron chi connectivity index (χ2n) is 7.26. The minimum absolute atomic E-state index is 0.164. The largest absolute Gasteiger partial charge is 0.495 e. The molecule has 0 radical (unpaired) electrons. The molecule has 0 atom stereocenters. The molecule has 1 aromatic heterocycles. The zero-order valence-corrected chi connectivity index (χ0v) is 15.7. The average molecular weight is 378 g/mol. The van der Waals surface area contributed by atoms with E-state index >= 15 is 0 Å². The van der Waals surface area contributed by atoms with Crippen LogP contribution in [0.1, 0.15) is 19.4 Å². The molecule has 0 amide bonds. The minimum atomic E-state index is -0.491. The van der Waals surface area contributed by atoms with Gasteiger partial charge in [-0.1, -0.05) is 6.07 Å². The lowest BCUT2D eigenvalue weighted by Crippen LogP contribution is -2.27. The van der Waals surface area contributed by atoms with Crippen LogP contribution in [-0.4, -0.2) is 19.5 Å². The Bertz CT molecular complexity index is 1200. The van der Waals surface area contributed by atoms with Gasteiger partial charge in [0.05, 0.1) is 18.1 Å². The topological polar surface area (TPSA) is 67.1 Å². The standard InChI is InChI=1S/C22H18O6/c1-22(2)9-8-13-15(28-22)7-5-14-19(13)27-21(23)18(20(14)24-3)12-4-6-16-17(10-12)26-11-25-16/h4-10H,11H2,1-3H3. The minimum Gasteiger partial charge on any atom is -0.495 e. The lowest BCUT2D eigenvalue weighted by Gasteiger charge is -2.28. The molecule has 5 rings (SSSR count). The smallest absolute Gasteiger partial charge is 0.348 e. The molecule has 6 heteroatoms. The van der Waals surface area contributed by atoms with Gasteiger partial charge in [-0.3, -0.25) is 0 Å². The number of fused-ring (bicyclic) bond motifs is 4. The monoisotopic (exact) mass is 378 g/mol. The van der Waals surface area contributed by atoms with Crippen molar-refractivity contribution in [2.45, 2.75) is 19.4 Å². The van der Waals surface area contributed by atoms with Gasteiger partial charge in [0.25, 0.3) is 0 Å². The Hall–Kier alpha value is -3.41. The Labute approximate surface area is 160 Å². The third-order valence-corrected chi connectivity index (χ3v) is 4.92. The third kappa shape index (κ3) is 2.45. The lowest BCUT2D eigenvalue weighted by atomic mass is 9.98. The van der Waals surface area contributed by atoms with Crippen LogP contribution in [0.3, 0.4) is 0 Å². The maximum atomic E-state index is 12.9. The van der Waals surface area contributed by atoms with Crippen LogP contribution in [-0.2, 0) is 0 Å². The molecule has 142 valence electrons. The fraction of sp³-hybridized carbons (Fsp3) is 0.227. The Balaban J connectivity index is 1.76. The quantitative estimate of drug-likeness (QED) is 0.617. The first-order chi connectivity index (χ1) is 13.5. The Morgan fingerprint density at radius 2 is 1.82 bits per heavy atom. The van der Waals surface area contributed by atoms with Gasteiger partial charge in [0.2, 0.25) is 6.79 Å². The van der Waals surface area contributed by atoms with Crippen LogP contribution in [0.15, 0.2) is 45.6 Å². The van der Waals surface area contributed by atoms with Crippen LogP contribution >= 0.6 is 0 Å². The van der Waals surface area contributed by atoms with Gasteiger partial charge in [-0.2, -0.15) is 0 Å². The average Bonchev–Trinajstić information content (AvgIpc) is 3.13. The molecule has 2 aromatic carbocycles. The fourth-order valence-corrected chi connectivity index (χ4v) is 3.60. The van der Waals surface area contributed by atoms with E-state index in [2.05, 4.69) is 0 Å². The van der Waals surface area contributed by atoms with E-state index in [1.54, 1.807) is 25.3 Å². The molecule has 2 aliphatic rings. The molecule has 2 aliphatic heterocycles. The highest BCUT2D eigenvalue weighted by Crippen LogP contribution is 2.43. The van der Waals surface area contributed by atoms with Crippen molar-refractivity contribution < 1.29 is 23.4 Å². The summed E-state index contributed by atoms with van der Waals surface area (Å²) in [4.78, 5) is 12.9. The fourth-order valence-electron chi connectivity index (χ4n) is 3.60. The predicted molar refractivity (Wildman–Crippen MR) is 104 cm³/mol. The predicted octanol–water partition coefficient (Wildman–Crippen LogP) is 4.38. The van der Waals surface area contributed by atoms with Gasteiger partial charge < -0.3 is 23.4 Å². The summed E-state index contributed by atoms with van der Waals surface area (Å²) in [7, 11) is 1.54. The van der Waals surface area contributed by atoms with E-state index in [1.165, 1.54) is 0 Å². The molecule has 0 unspecified atom stereocenters. The summed E-state index contributed by atoms with van der Waals surface area (Å²) in [5.74, 6) is 2.35.